The summed E-state index contributed by atoms with van der Waals surface area (Å²) in [5.74, 6) is 1.09. The highest BCUT2D eigenvalue weighted by Crippen LogP contribution is 2.28. The fourth-order valence-corrected chi connectivity index (χ4v) is 2.53. The van der Waals surface area contributed by atoms with Gasteiger partial charge in [-0.3, -0.25) is 0 Å². The molecule has 1 heterocycles. The van der Waals surface area contributed by atoms with Crippen LogP contribution in [0.4, 0.5) is 0 Å². The number of hydrogen-bond donors (Lipinski definition) is 1. The van der Waals surface area contributed by atoms with Gasteiger partial charge in [-0.15, -0.1) is 0 Å². The molecule has 2 N–H and O–H groups in total. The summed E-state index contributed by atoms with van der Waals surface area (Å²) >= 11 is 12.0. The van der Waals surface area contributed by atoms with E-state index >= 15 is 0 Å². The zero-order valence-corrected chi connectivity index (χ0v) is 14.0. The van der Waals surface area contributed by atoms with Crippen molar-refractivity contribution in [1.29, 1.82) is 0 Å². The first-order chi connectivity index (χ1) is 9.92. The average molecular weight is 324 g/mol. The molecule has 0 aliphatic carbocycles. The maximum atomic E-state index is 6.06. The zero-order chi connectivity index (χ0) is 15.6. The normalized spacial score (nSPS) is 12.5. The Balaban J connectivity index is 2.41. The molecule has 2 rings (SSSR count). The van der Waals surface area contributed by atoms with E-state index in [1.165, 1.54) is 5.56 Å². The predicted octanol–water partition coefficient (Wildman–Crippen LogP) is 4.20. The summed E-state index contributed by atoms with van der Waals surface area (Å²) < 4.78 is 0. The molecule has 0 spiro atoms. The maximum absolute atomic E-state index is 6.06. The number of halogens is 2. The van der Waals surface area contributed by atoms with Gasteiger partial charge < -0.3 is 5.73 Å². The molecule has 5 heteroatoms. The Morgan fingerprint density at radius 1 is 1.10 bits per heavy atom. The molecule has 1 aromatic heterocycles. The number of nitrogens with zero attached hydrogens (tertiary/aromatic N) is 2. The van der Waals surface area contributed by atoms with Gasteiger partial charge in [0.1, 0.15) is 0 Å². The summed E-state index contributed by atoms with van der Waals surface area (Å²) in [7, 11) is 0. The number of benzene rings is 1. The van der Waals surface area contributed by atoms with Gasteiger partial charge in [-0.2, -0.15) is 0 Å². The van der Waals surface area contributed by atoms with E-state index in [0.29, 0.717) is 28.3 Å². The summed E-state index contributed by atoms with van der Waals surface area (Å²) in [5.41, 5.74) is 9.73. The highest BCUT2D eigenvalue weighted by Gasteiger charge is 2.13. The van der Waals surface area contributed by atoms with Crippen LogP contribution in [0.1, 0.15) is 23.9 Å². The van der Waals surface area contributed by atoms with Crippen LogP contribution in [0.15, 0.2) is 18.2 Å². The molecule has 21 heavy (non-hydrogen) atoms. The lowest BCUT2D eigenvalue weighted by Gasteiger charge is -2.14. The van der Waals surface area contributed by atoms with Crippen LogP contribution in [-0.4, -0.2) is 16.5 Å². The molecule has 0 saturated heterocycles. The largest absolute Gasteiger partial charge is 0.330 e. The van der Waals surface area contributed by atoms with Crippen molar-refractivity contribution in [2.45, 2.75) is 27.2 Å². The van der Waals surface area contributed by atoms with Gasteiger partial charge in [-0.25, -0.2) is 9.97 Å². The van der Waals surface area contributed by atoms with Crippen LogP contribution in [0.25, 0.3) is 11.4 Å². The first-order valence-corrected chi connectivity index (χ1v) is 7.67. The Labute approximate surface area is 135 Å². The number of nitrogens with two attached hydrogens (primary N) is 1. The third kappa shape index (κ3) is 3.73. The van der Waals surface area contributed by atoms with Crippen molar-refractivity contribution in [3.05, 3.63) is 45.2 Å². The van der Waals surface area contributed by atoms with E-state index in [0.717, 1.165) is 23.4 Å². The quantitative estimate of drug-likeness (QED) is 0.917. The van der Waals surface area contributed by atoms with E-state index in [2.05, 4.69) is 16.9 Å². The van der Waals surface area contributed by atoms with Crippen molar-refractivity contribution in [2.75, 3.05) is 6.54 Å². The minimum absolute atomic E-state index is 0.418. The topological polar surface area (TPSA) is 51.8 Å². The van der Waals surface area contributed by atoms with E-state index in [-0.39, 0.29) is 0 Å². The molecule has 1 atom stereocenters. The SMILES string of the molecule is Cc1nc(-c2ccc(Cl)c(Cl)c2)nc(C)c1CC(C)CN. The second-order valence-electron chi connectivity index (χ2n) is 5.37. The molecule has 0 saturated carbocycles. The van der Waals surface area contributed by atoms with Gasteiger partial charge in [-0.05, 0) is 56.5 Å². The van der Waals surface area contributed by atoms with Crippen LogP contribution in [0.2, 0.25) is 10.0 Å². The van der Waals surface area contributed by atoms with Gasteiger partial charge in [0, 0.05) is 17.0 Å². The van der Waals surface area contributed by atoms with Crippen LogP contribution >= 0.6 is 23.2 Å². The van der Waals surface area contributed by atoms with Crippen molar-refractivity contribution < 1.29 is 0 Å². The van der Waals surface area contributed by atoms with Gasteiger partial charge >= 0.3 is 0 Å². The third-order valence-electron chi connectivity index (χ3n) is 3.55. The lowest BCUT2D eigenvalue weighted by atomic mass is 9.99. The lowest BCUT2D eigenvalue weighted by Crippen LogP contribution is -2.15. The van der Waals surface area contributed by atoms with Crippen LogP contribution in [0.5, 0.6) is 0 Å². The Morgan fingerprint density at radius 2 is 1.71 bits per heavy atom. The van der Waals surface area contributed by atoms with Crippen LogP contribution in [0, 0.1) is 19.8 Å². The predicted molar refractivity (Wildman–Crippen MR) is 88.9 cm³/mol. The van der Waals surface area contributed by atoms with Gasteiger partial charge in [0.15, 0.2) is 5.82 Å². The smallest absolute Gasteiger partial charge is 0.159 e. The lowest BCUT2D eigenvalue weighted by molar-refractivity contribution is 0.586. The monoisotopic (exact) mass is 323 g/mol. The van der Waals surface area contributed by atoms with E-state index in [4.69, 9.17) is 28.9 Å². The summed E-state index contributed by atoms with van der Waals surface area (Å²) in [6.07, 6.45) is 0.899. The van der Waals surface area contributed by atoms with Crippen molar-refractivity contribution in [3.63, 3.8) is 0 Å². The highest BCUT2D eigenvalue weighted by atomic mass is 35.5. The molecule has 2 aromatic rings. The minimum atomic E-state index is 0.418. The Hall–Kier alpha value is -1.16. The summed E-state index contributed by atoms with van der Waals surface area (Å²) in [6, 6.07) is 5.43. The molecule has 112 valence electrons. The molecule has 0 radical (unpaired) electrons. The van der Waals surface area contributed by atoms with Crippen LogP contribution in [-0.2, 0) is 6.42 Å². The summed E-state index contributed by atoms with van der Waals surface area (Å²) in [6.45, 7) is 6.81. The van der Waals surface area contributed by atoms with Crippen molar-refractivity contribution >= 4 is 23.2 Å². The molecule has 3 nitrogen and oxygen atoms in total. The maximum Gasteiger partial charge on any atom is 0.159 e. The molecule has 0 fully saturated rings. The first kappa shape index (κ1) is 16.2. The second kappa shape index (κ2) is 6.73. The third-order valence-corrected chi connectivity index (χ3v) is 4.29. The minimum Gasteiger partial charge on any atom is -0.330 e. The number of hydrogen-bond acceptors (Lipinski definition) is 3. The molecular weight excluding hydrogens is 305 g/mol. The molecule has 0 bridgehead atoms. The highest BCUT2D eigenvalue weighted by molar-refractivity contribution is 6.42. The molecule has 1 aromatic carbocycles. The fraction of sp³-hybridized carbons (Fsp3) is 0.375. The molecule has 0 aliphatic rings. The van der Waals surface area contributed by atoms with Gasteiger partial charge in [0.05, 0.1) is 10.0 Å². The number of aromatic nitrogens is 2. The first-order valence-electron chi connectivity index (χ1n) is 6.92. The van der Waals surface area contributed by atoms with Gasteiger partial charge in [-0.1, -0.05) is 30.1 Å². The summed E-state index contributed by atoms with van der Waals surface area (Å²) in [5, 5.41) is 1.04. The fourth-order valence-electron chi connectivity index (χ4n) is 2.23. The van der Waals surface area contributed by atoms with Crippen molar-refractivity contribution in [1.82, 2.24) is 9.97 Å². The van der Waals surface area contributed by atoms with Gasteiger partial charge in [0.2, 0.25) is 0 Å². The van der Waals surface area contributed by atoms with Crippen LogP contribution < -0.4 is 5.73 Å². The van der Waals surface area contributed by atoms with Crippen LogP contribution in [0.3, 0.4) is 0 Å². The standard InChI is InChI=1S/C16H19Cl2N3/c1-9(8-19)6-13-10(2)20-16(21-11(13)3)12-4-5-14(17)15(18)7-12/h4-5,7,9H,6,8,19H2,1-3H3. The van der Waals surface area contributed by atoms with Crippen molar-refractivity contribution in [2.24, 2.45) is 11.7 Å². The molecule has 0 amide bonds. The van der Waals surface area contributed by atoms with Crippen molar-refractivity contribution in [3.8, 4) is 11.4 Å². The molecular formula is C16H19Cl2N3. The Bertz CT molecular complexity index is 633. The number of aryl methyl sites for hydroxylation is 2. The Kier molecular flexibility index (Phi) is 5.20. The van der Waals surface area contributed by atoms with E-state index < -0.39 is 0 Å². The van der Waals surface area contributed by atoms with Gasteiger partial charge in [0.25, 0.3) is 0 Å². The zero-order valence-electron chi connectivity index (χ0n) is 12.5. The van der Waals surface area contributed by atoms with E-state index in [9.17, 15) is 0 Å². The van der Waals surface area contributed by atoms with E-state index in [1.54, 1.807) is 12.1 Å². The Morgan fingerprint density at radius 3 is 2.24 bits per heavy atom. The second-order valence-corrected chi connectivity index (χ2v) is 6.18. The van der Waals surface area contributed by atoms with E-state index in [1.807, 2.05) is 19.9 Å². The molecule has 0 aliphatic heterocycles. The number of rotatable bonds is 4. The molecule has 1 unspecified atom stereocenters. The average Bonchev–Trinajstić information content (AvgIpc) is 2.45. The summed E-state index contributed by atoms with van der Waals surface area (Å²) in [4.78, 5) is 9.22.